The molecule has 0 bridgehead atoms. The second-order valence-corrected chi connectivity index (χ2v) is 10.4. The summed E-state index contributed by atoms with van der Waals surface area (Å²) in [6.07, 6.45) is -3.69. The van der Waals surface area contributed by atoms with Crippen LogP contribution in [0.4, 0.5) is 42.4 Å². The summed E-state index contributed by atoms with van der Waals surface area (Å²) >= 11 is 0. The minimum atomic E-state index is -4.72. The van der Waals surface area contributed by atoms with Crippen molar-refractivity contribution >= 4 is 35.1 Å². The SMILES string of the molecule is CN(C(=O)C1(N(C=O)Cc2ccc(F)cc2F)CCN(c2cnc3cnn(CC(F)F)c3n2)CC1)c1cc(C(F)(F)F)ccn1. The van der Waals surface area contributed by atoms with Gasteiger partial charge in [-0.05, 0) is 31.0 Å². The van der Waals surface area contributed by atoms with Gasteiger partial charge in [0.05, 0.1) is 18.0 Å². The predicted molar refractivity (Wildman–Crippen MR) is 146 cm³/mol. The van der Waals surface area contributed by atoms with Crippen molar-refractivity contribution in [3.8, 4) is 0 Å². The Balaban J connectivity index is 1.48. The molecule has 1 fully saturated rings. The molecule has 238 valence electrons. The number of alkyl halides is 5. The van der Waals surface area contributed by atoms with Gasteiger partial charge in [-0.2, -0.15) is 18.3 Å². The highest BCUT2D eigenvalue weighted by Gasteiger charge is 2.48. The van der Waals surface area contributed by atoms with Crippen molar-refractivity contribution in [2.75, 3.05) is 29.9 Å². The van der Waals surface area contributed by atoms with Crippen molar-refractivity contribution < 1.29 is 40.3 Å². The Morgan fingerprint density at radius 3 is 2.47 bits per heavy atom. The van der Waals surface area contributed by atoms with Gasteiger partial charge in [-0.15, -0.1) is 0 Å². The Bertz CT molecular complexity index is 1710. The molecule has 1 aliphatic rings. The van der Waals surface area contributed by atoms with Gasteiger partial charge in [-0.25, -0.2) is 37.2 Å². The van der Waals surface area contributed by atoms with Crippen LogP contribution in [0.2, 0.25) is 0 Å². The molecule has 4 heterocycles. The largest absolute Gasteiger partial charge is 0.416 e. The first-order valence-electron chi connectivity index (χ1n) is 13.5. The number of carbonyl (C=O) groups is 2. The third-order valence-electron chi connectivity index (χ3n) is 7.71. The summed E-state index contributed by atoms with van der Waals surface area (Å²) in [6.45, 7) is -1.06. The second-order valence-electron chi connectivity index (χ2n) is 10.4. The third kappa shape index (κ3) is 6.37. The highest BCUT2D eigenvalue weighted by Crippen LogP contribution is 2.36. The number of anilines is 2. The lowest BCUT2D eigenvalue weighted by Crippen LogP contribution is -2.63. The van der Waals surface area contributed by atoms with Gasteiger partial charge in [0.25, 0.3) is 12.3 Å². The Morgan fingerprint density at radius 1 is 1.09 bits per heavy atom. The topological polar surface area (TPSA) is 100 Å². The van der Waals surface area contributed by atoms with Gasteiger partial charge in [0.1, 0.15) is 40.9 Å². The summed E-state index contributed by atoms with van der Waals surface area (Å²) in [5.41, 5.74) is -2.46. The molecule has 0 radical (unpaired) electrons. The van der Waals surface area contributed by atoms with Crippen LogP contribution in [0, 0.1) is 11.6 Å². The van der Waals surface area contributed by atoms with E-state index in [1.165, 1.54) is 19.4 Å². The van der Waals surface area contributed by atoms with E-state index in [-0.39, 0.29) is 54.3 Å². The van der Waals surface area contributed by atoms with Gasteiger partial charge >= 0.3 is 6.18 Å². The third-order valence-corrected chi connectivity index (χ3v) is 7.71. The van der Waals surface area contributed by atoms with Crippen LogP contribution in [-0.4, -0.2) is 74.1 Å². The van der Waals surface area contributed by atoms with Gasteiger partial charge < -0.3 is 9.80 Å². The van der Waals surface area contributed by atoms with Crippen molar-refractivity contribution in [2.24, 2.45) is 0 Å². The fraction of sp³-hybridized carbons (Fsp3) is 0.357. The summed E-state index contributed by atoms with van der Waals surface area (Å²) < 4.78 is 95.5. The molecule has 0 saturated carbocycles. The maximum Gasteiger partial charge on any atom is 0.416 e. The molecule has 0 N–H and O–H groups in total. The Labute approximate surface area is 251 Å². The number of carbonyl (C=O) groups excluding carboxylic acids is 2. The maximum atomic E-state index is 14.6. The van der Waals surface area contributed by atoms with Crippen molar-refractivity contribution in [3.05, 3.63) is 71.7 Å². The predicted octanol–water partition coefficient (Wildman–Crippen LogP) is 4.44. The normalized spacial score (nSPS) is 15.0. The average molecular weight is 639 g/mol. The molecular weight excluding hydrogens is 613 g/mol. The van der Waals surface area contributed by atoms with Gasteiger partial charge in [-0.1, -0.05) is 6.07 Å². The lowest BCUT2D eigenvalue weighted by atomic mass is 9.83. The second kappa shape index (κ2) is 12.3. The van der Waals surface area contributed by atoms with E-state index in [0.717, 1.165) is 38.9 Å². The number of hydrogen-bond donors (Lipinski definition) is 0. The van der Waals surface area contributed by atoms with Gasteiger partial charge in [0.2, 0.25) is 6.41 Å². The summed E-state index contributed by atoms with van der Waals surface area (Å²) in [7, 11) is 1.21. The lowest BCUT2D eigenvalue weighted by molar-refractivity contribution is -0.141. The maximum absolute atomic E-state index is 14.6. The van der Waals surface area contributed by atoms with Crippen LogP contribution < -0.4 is 9.80 Å². The molecule has 0 aliphatic carbocycles. The number of piperidine rings is 1. The molecule has 5 rings (SSSR count). The van der Waals surface area contributed by atoms with E-state index in [1.54, 1.807) is 4.90 Å². The van der Waals surface area contributed by atoms with Crippen molar-refractivity contribution in [3.63, 3.8) is 0 Å². The first-order chi connectivity index (χ1) is 21.3. The highest BCUT2D eigenvalue weighted by atomic mass is 19.4. The molecule has 17 heteroatoms. The van der Waals surface area contributed by atoms with E-state index in [1.807, 2.05) is 0 Å². The number of pyridine rings is 1. The van der Waals surface area contributed by atoms with Crippen molar-refractivity contribution in [1.29, 1.82) is 0 Å². The molecular formula is C28H25F7N8O2. The van der Waals surface area contributed by atoms with E-state index >= 15 is 0 Å². The quantitative estimate of drug-likeness (QED) is 0.197. The highest BCUT2D eigenvalue weighted by molar-refractivity contribution is 6.00. The molecule has 1 saturated heterocycles. The Morgan fingerprint density at radius 2 is 1.82 bits per heavy atom. The smallest absolute Gasteiger partial charge is 0.355 e. The number of rotatable bonds is 9. The van der Waals surface area contributed by atoms with Crippen LogP contribution in [-0.2, 0) is 28.9 Å². The number of hydrogen-bond acceptors (Lipinski definition) is 7. The molecule has 45 heavy (non-hydrogen) atoms. The minimum Gasteiger partial charge on any atom is -0.355 e. The number of fused-ring (bicyclic) bond motifs is 1. The first-order valence-corrected chi connectivity index (χ1v) is 13.5. The molecule has 2 amide bonds. The summed E-state index contributed by atoms with van der Waals surface area (Å²) in [4.78, 5) is 42.9. The molecule has 0 spiro atoms. The van der Waals surface area contributed by atoms with Gasteiger partial charge in [0, 0.05) is 44.5 Å². The van der Waals surface area contributed by atoms with Crippen LogP contribution in [0.5, 0.6) is 0 Å². The summed E-state index contributed by atoms with van der Waals surface area (Å²) in [5.74, 6) is -2.66. The van der Waals surface area contributed by atoms with E-state index in [0.29, 0.717) is 18.5 Å². The standard InChI is InChI=1S/C28H25F7N8O2/c1-40(23-10-18(4-7-36-23)28(33,34)35)26(45)27(42(16-44)14-17-2-3-19(29)11-20(17)30)5-8-41(9-6-27)24-13-37-21-12-38-43(15-22(31)32)25(21)39-24/h2-4,7,10-13,16,22H,5-6,8-9,14-15H2,1H3. The van der Waals surface area contributed by atoms with E-state index in [9.17, 15) is 40.3 Å². The zero-order chi connectivity index (χ0) is 32.5. The molecule has 10 nitrogen and oxygen atoms in total. The number of halogens is 7. The molecule has 1 aromatic carbocycles. The fourth-order valence-electron chi connectivity index (χ4n) is 5.30. The van der Waals surface area contributed by atoms with Crippen LogP contribution >= 0.6 is 0 Å². The number of aromatic nitrogens is 5. The van der Waals surface area contributed by atoms with Gasteiger partial charge in [0.15, 0.2) is 5.65 Å². The fourth-order valence-corrected chi connectivity index (χ4v) is 5.30. The van der Waals surface area contributed by atoms with Gasteiger partial charge in [-0.3, -0.25) is 14.5 Å². The zero-order valence-electron chi connectivity index (χ0n) is 23.6. The minimum absolute atomic E-state index is 0.0506. The number of benzene rings is 1. The molecule has 0 atom stereocenters. The van der Waals surface area contributed by atoms with Crippen LogP contribution in [0.1, 0.15) is 24.0 Å². The number of amides is 2. The Kier molecular flexibility index (Phi) is 8.62. The van der Waals surface area contributed by atoms with Crippen LogP contribution in [0.3, 0.4) is 0 Å². The molecule has 0 unspecified atom stereocenters. The summed E-state index contributed by atoms with van der Waals surface area (Å²) in [6, 6.07) is 4.18. The Hall–Kier alpha value is -4.83. The monoisotopic (exact) mass is 638 g/mol. The van der Waals surface area contributed by atoms with E-state index < -0.39 is 54.3 Å². The average Bonchev–Trinajstić information content (AvgIpc) is 3.41. The lowest BCUT2D eigenvalue weighted by Gasteiger charge is -2.47. The number of likely N-dealkylation sites (N-methyl/N-ethyl adjacent to an activating group) is 1. The van der Waals surface area contributed by atoms with Crippen LogP contribution in [0.15, 0.2) is 48.9 Å². The van der Waals surface area contributed by atoms with Crippen molar-refractivity contribution in [1.82, 2.24) is 29.6 Å². The zero-order valence-corrected chi connectivity index (χ0v) is 23.6. The number of nitrogens with zero attached hydrogens (tertiary/aromatic N) is 8. The molecule has 4 aromatic rings. The molecule has 3 aromatic heterocycles. The summed E-state index contributed by atoms with van der Waals surface area (Å²) in [5, 5.41) is 3.89. The first kappa shape index (κ1) is 31.6. The molecule has 1 aliphatic heterocycles. The van der Waals surface area contributed by atoms with Crippen LogP contribution in [0.25, 0.3) is 11.2 Å². The van der Waals surface area contributed by atoms with Crippen molar-refractivity contribution in [2.45, 2.75) is 44.1 Å². The van der Waals surface area contributed by atoms with E-state index in [2.05, 4.69) is 20.1 Å². The van der Waals surface area contributed by atoms with E-state index in [4.69, 9.17) is 0 Å².